The van der Waals surface area contributed by atoms with E-state index in [0.717, 1.165) is 17.0 Å². The lowest BCUT2D eigenvalue weighted by Crippen LogP contribution is -1.99. The summed E-state index contributed by atoms with van der Waals surface area (Å²) in [6.07, 6.45) is 2.87. The molecule has 0 N–H and O–H groups in total. The lowest BCUT2D eigenvalue weighted by atomic mass is 9.98. The van der Waals surface area contributed by atoms with Crippen LogP contribution >= 0.6 is 22.9 Å². The van der Waals surface area contributed by atoms with Crippen LogP contribution in [0.1, 0.15) is 36.6 Å². The highest BCUT2D eigenvalue weighted by molar-refractivity contribution is 7.15. The smallest absolute Gasteiger partial charge is 0.183 e. The summed E-state index contributed by atoms with van der Waals surface area (Å²) < 4.78 is 6.43. The minimum absolute atomic E-state index is 0.506. The lowest BCUT2D eigenvalue weighted by Gasteiger charge is -2.15. The predicted molar refractivity (Wildman–Crippen MR) is 76.6 cm³/mol. The van der Waals surface area contributed by atoms with Crippen LogP contribution in [0.4, 0.5) is 0 Å². The third-order valence-corrected chi connectivity index (χ3v) is 4.05. The molecule has 1 aromatic heterocycles. The molecule has 0 saturated carbocycles. The second kappa shape index (κ2) is 6.21. The van der Waals surface area contributed by atoms with Crippen LogP contribution in [-0.2, 0) is 6.61 Å². The highest BCUT2D eigenvalue weighted by Gasteiger charge is 2.10. The van der Waals surface area contributed by atoms with Gasteiger partial charge in [-0.05, 0) is 24.0 Å². The summed E-state index contributed by atoms with van der Waals surface area (Å²) in [5.74, 6) is 1.46. The number of hydrogen-bond donors (Lipinski definition) is 0. The van der Waals surface area contributed by atoms with E-state index in [-0.39, 0.29) is 0 Å². The van der Waals surface area contributed by atoms with Gasteiger partial charge in [-0.25, -0.2) is 4.98 Å². The van der Waals surface area contributed by atoms with E-state index in [0.29, 0.717) is 17.0 Å². The van der Waals surface area contributed by atoms with Crippen molar-refractivity contribution in [2.75, 3.05) is 0 Å². The molecule has 2 rings (SSSR count). The van der Waals surface area contributed by atoms with Gasteiger partial charge in [-0.3, -0.25) is 0 Å². The number of nitrogens with zero attached hydrogens (tertiary/aromatic N) is 1. The summed E-state index contributed by atoms with van der Waals surface area (Å²) in [6, 6.07) is 8.20. The Bertz CT molecular complexity index is 512. The second-order valence-corrected chi connectivity index (χ2v) is 5.91. The Kier molecular flexibility index (Phi) is 4.61. The summed E-state index contributed by atoms with van der Waals surface area (Å²) in [5.41, 5.74) is 1.26. The molecule has 0 saturated heterocycles. The summed E-state index contributed by atoms with van der Waals surface area (Å²) in [5, 5.41) is 0. The minimum atomic E-state index is 0.506. The van der Waals surface area contributed by atoms with Gasteiger partial charge in [0, 0.05) is 6.20 Å². The van der Waals surface area contributed by atoms with Crippen molar-refractivity contribution in [2.45, 2.75) is 32.8 Å². The Morgan fingerprint density at radius 1 is 1.39 bits per heavy atom. The molecular weight excluding hydrogens is 266 g/mol. The third kappa shape index (κ3) is 3.24. The van der Waals surface area contributed by atoms with Gasteiger partial charge < -0.3 is 4.74 Å². The molecule has 1 heterocycles. The van der Waals surface area contributed by atoms with Gasteiger partial charge in [0.25, 0.3) is 0 Å². The van der Waals surface area contributed by atoms with E-state index >= 15 is 0 Å². The van der Waals surface area contributed by atoms with Gasteiger partial charge in [-0.1, -0.05) is 43.6 Å². The van der Waals surface area contributed by atoms with Gasteiger partial charge in [0.15, 0.2) is 4.47 Å². The molecule has 0 amide bonds. The Hall–Kier alpha value is -1.06. The van der Waals surface area contributed by atoms with E-state index in [1.165, 1.54) is 16.9 Å². The summed E-state index contributed by atoms with van der Waals surface area (Å²) in [4.78, 5) is 5.05. The van der Waals surface area contributed by atoms with E-state index in [1.54, 1.807) is 6.20 Å². The summed E-state index contributed by atoms with van der Waals surface area (Å²) in [6.45, 7) is 4.92. The van der Waals surface area contributed by atoms with Crippen LogP contribution in [0, 0.1) is 0 Å². The molecule has 0 fully saturated rings. The normalized spacial score (nSPS) is 12.4. The second-order valence-electron chi connectivity index (χ2n) is 4.22. The molecule has 1 aromatic carbocycles. The van der Waals surface area contributed by atoms with Crippen molar-refractivity contribution in [1.29, 1.82) is 0 Å². The molecule has 0 bridgehead atoms. The number of halogens is 1. The monoisotopic (exact) mass is 281 g/mol. The molecule has 1 atom stereocenters. The molecule has 2 aromatic rings. The SMILES string of the molecule is CCC(C)c1ccccc1OCc1cnc(Cl)s1. The summed E-state index contributed by atoms with van der Waals surface area (Å²) >= 11 is 7.25. The first-order valence-corrected chi connectivity index (χ1v) is 7.22. The van der Waals surface area contributed by atoms with Crippen LogP contribution in [0.25, 0.3) is 0 Å². The molecule has 0 spiro atoms. The van der Waals surface area contributed by atoms with Gasteiger partial charge in [0.2, 0.25) is 0 Å². The van der Waals surface area contributed by atoms with Gasteiger partial charge in [0.1, 0.15) is 12.4 Å². The largest absolute Gasteiger partial charge is 0.488 e. The molecule has 0 aliphatic heterocycles. The van der Waals surface area contributed by atoms with Gasteiger partial charge in [0.05, 0.1) is 4.88 Å². The van der Waals surface area contributed by atoms with Crippen LogP contribution in [0.3, 0.4) is 0 Å². The van der Waals surface area contributed by atoms with Crippen molar-refractivity contribution in [1.82, 2.24) is 4.98 Å². The highest BCUT2D eigenvalue weighted by atomic mass is 35.5. The number of rotatable bonds is 5. The fraction of sp³-hybridized carbons (Fsp3) is 0.357. The van der Waals surface area contributed by atoms with Crippen molar-refractivity contribution in [3.05, 3.63) is 45.4 Å². The van der Waals surface area contributed by atoms with E-state index in [1.807, 2.05) is 12.1 Å². The topological polar surface area (TPSA) is 22.1 Å². The zero-order valence-electron chi connectivity index (χ0n) is 10.5. The minimum Gasteiger partial charge on any atom is -0.488 e. The molecule has 4 heteroatoms. The molecule has 2 nitrogen and oxygen atoms in total. The molecule has 18 heavy (non-hydrogen) atoms. The Morgan fingerprint density at radius 3 is 2.83 bits per heavy atom. The van der Waals surface area contributed by atoms with Gasteiger partial charge in [-0.15, -0.1) is 11.3 Å². The average molecular weight is 282 g/mol. The number of aromatic nitrogens is 1. The Labute approximate surface area is 117 Å². The summed E-state index contributed by atoms with van der Waals surface area (Å²) in [7, 11) is 0. The molecule has 1 unspecified atom stereocenters. The quantitative estimate of drug-likeness (QED) is 0.778. The van der Waals surface area contributed by atoms with E-state index in [2.05, 4.69) is 31.0 Å². The average Bonchev–Trinajstić information content (AvgIpc) is 2.81. The number of benzene rings is 1. The maximum absolute atomic E-state index is 5.87. The first-order chi connectivity index (χ1) is 8.70. The standard InChI is InChI=1S/C14H16ClNOS/c1-3-10(2)12-6-4-5-7-13(12)17-9-11-8-16-14(15)18-11/h4-8,10H,3,9H2,1-2H3. The van der Waals surface area contributed by atoms with Crippen molar-refractivity contribution in [3.8, 4) is 5.75 Å². The Morgan fingerprint density at radius 2 is 2.17 bits per heavy atom. The highest BCUT2D eigenvalue weighted by Crippen LogP contribution is 2.29. The van der Waals surface area contributed by atoms with E-state index < -0.39 is 0 Å². The number of thiazole rings is 1. The Balaban J connectivity index is 2.09. The van der Waals surface area contributed by atoms with Crippen molar-refractivity contribution in [3.63, 3.8) is 0 Å². The van der Waals surface area contributed by atoms with E-state index in [9.17, 15) is 0 Å². The third-order valence-electron chi connectivity index (χ3n) is 2.96. The van der Waals surface area contributed by atoms with Crippen molar-refractivity contribution < 1.29 is 4.74 Å². The first-order valence-electron chi connectivity index (χ1n) is 6.02. The van der Waals surface area contributed by atoms with Crippen LogP contribution < -0.4 is 4.74 Å². The molecule has 96 valence electrons. The van der Waals surface area contributed by atoms with Gasteiger partial charge in [-0.2, -0.15) is 0 Å². The van der Waals surface area contributed by atoms with E-state index in [4.69, 9.17) is 16.3 Å². The molecular formula is C14H16ClNOS. The number of para-hydroxylation sites is 1. The molecule has 0 radical (unpaired) electrons. The predicted octanol–water partition coefficient (Wildman–Crippen LogP) is 4.89. The van der Waals surface area contributed by atoms with Crippen LogP contribution in [-0.4, -0.2) is 4.98 Å². The number of ether oxygens (including phenoxy) is 1. The van der Waals surface area contributed by atoms with Crippen LogP contribution in [0.15, 0.2) is 30.5 Å². The fourth-order valence-corrected chi connectivity index (χ4v) is 2.63. The van der Waals surface area contributed by atoms with Crippen molar-refractivity contribution >= 4 is 22.9 Å². The fourth-order valence-electron chi connectivity index (χ4n) is 1.74. The van der Waals surface area contributed by atoms with Gasteiger partial charge >= 0.3 is 0 Å². The first kappa shape index (κ1) is 13.4. The van der Waals surface area contributed by atoms with Crippen LogP contribution in [0.2, 0.25) is 4.47 Å². The number of hydrogen-bond acceptors (Lipinski definition) is 3. The van der Waals surface area contributed by atoms with Crippen molar-refractivity contribution in [2.24, 2.45) is 0 Å². The zero-order chi connectivity index (χ0) is 13.0. The molecule has 0 aliphatic rings. The maximum Gasteiger partial charge on any atom is 0.183 e. The zero-order valence-corrected chi connectivity index (χ0v) is 12.1. The maximum atomic E-state index is 5.87. The lowest BCUT2D eigenvalue weighted by molar-refractivity contribution is 0.304. The van der Waals surface area contributed by atoms with Crippen LogP contribution in [0.5, 0.6) is 5.75 Å². The molecule has 0 aliphatic carbocycles.